The molecule has 0 radical (unpaired) electrons. The first kappa shape index (κ1) is 36.4. The van der Waals surface area contributed by atoms with Crippen LogP contribution >= 0.6 is 0 Å². The summed E-state index contributed by atoms with van der Waals surface area (Å²) in [6.07, 6.45) is 16.7. The summed E-state index contributed by atoms with van der Waals surface area (Å²) in [5, 5.41) is 23.1. The number of hydrogen-bond donors (Lipinski definition) is 3. The standard InChI is InChI=1S/C45H68N2O3/c1-30(2)34-14-21-45(29-46-24-27-47-25-17-31(28-48)18-26-47)23-22-43(6)36(39(34)45)12-13-38-42(5)19-15-35(32-8-10-33(11-9-32)40(49)50)41(3,4)37(42)16-20-44(38,43)7/h8-11,15,31,34,36-39,46,48H,1,12-14,16-29H2,2-7H3,(H,49,50). The zero-order valence-corrected chi connectivity index (χ0v) is 32.3. The number of allylic oxidation sites excluding steroid dienone is 3. The molecule has 1 saturated heterocycles. The Morgan fingerprint density at radius 3 is 2.28 bits per heavy atom. The molecule has 7 rings (SSSR count). The number of likely N-dealkylation sites (tertiary alicyclic amines) is 1. The Morgan fingerprint density at radius 2 is 1.62 bits per heavy atom. The molecule has 0 bridgehead atoms. The zero-order chi connectivity index (χ0) is 35.7. The quantitative estimate of drug-likeness (QED) is 0.179. The summed E-state index contributed by atoms with van der Waals surface area (Å²) in [7, 11) is 0. The number of aliphatic hydroxyl groups excluding tert-OH is 1. The van der Waals surface area contributed by atoms with E-state index in [2.05, 4.69) is 64.4 Å². The van der Waals surface area contributed by atoms with Crippen LogP contribution in [0.3, 0.4) is 0 Å². The molecule has 0 spiro atoms. The molecule has 1 heterocycles. The number of rotatable bonds is 9. The van der Waals surface area contributed by atoms with Crippen molar-refractivity contribution in [2.45, 2.75) is 112 Å². The molecule has 4 saturated carbocycles. The summed E-state index contributed by atoms with van der Waals surface area (Å²) in [5.41, 5.74) is 5.77. The smallest absolute Gasteiger partial charge is 0.335 e. The number of nitrogens with zero attached hydrogens (tertiary/aromatic N) is 1. The van der Waals surface area contributed by atoms with Crippen LogP contribution in [0.15, 0.2) is 42.5 Å². The monoisotopic (exact) mass is 685 g/mol. The molecule has 1 aromatic carbocycles. The molecule has 9 unspecified atom stereocenters. The van der Waals surface area contributed by atoms with Crippen molar-refractivity contribution in [1.29, 1.82) is 0 Å². The third kappa shape index (κ3) is 5.61. The van der Waals surface area contributed by atoms with Gasteiger partial charge in [0.05, 0.1) is 5.56 Å². The summed E-state index contributed by atoms with van der Waals surface area (Å²) in [4.78, 5) is 14.2. The average Bonchev–Trinajstić information content (AvgIpc) is 3.47. The SMILES string of the molecule is C=C(C)C1CCC2(CNCCN3CCC(CO)CC3)CCC3(C)C(CCC4C5(C)CC=C(c6ccc(C(=O)O)cc6)C(C)(C)C5CCC43C)C12. The minimum Gasteiger partial charge on any atom is -0.478 e. The Balaban J connectivity index is 1.11. The topological polar surface area (TPSA) is 72.8 Å². The van der Waals surface area contributed by atoms with Crippen molar-refractivity contribution in [3.8, 4) is 0 Å². The van der Waals surface area contributed by atoms with Crippen LogP contribution in [0.4, 0.5) is 0 Å². The van der Waals surface area contributed by atoms with Crippen molar-refractivity contribution < 1.29 is 15.0 Å². The van der Waals surface area contributed by atoms with Gasteiger partial charge in [-0.25, -0.2) is 4.79 Å². The minimum atomic E-state index is -0.855. The van der Waals surface area contributed by atoms with E-state index in [0.717, 1.165) is 63.8 Å². The van der Waals surface area contributed by atoms with E-state index < -0.39 is 5.97 Å². The molecule has 50 heavy (non-hydrogen) atoms. The second-order valence-electron chi connectivity index (χ2n) is 19.6. The summed E-state index contributed by atoms with van der Waals surface area (Å²) in [6.45, 7) is 26.1. The number of carbonyl (C=O) groups is 1. The van der Waals surface area contributed by atoms with Crippen LogP contribution in [-0.2, 0) is 0 Å². The van der Waals surface area contributed by atoms with E-state index in [1.54, 1.807) is 12.1 Å². The predicted octanol–water partition coefficient (Wildman–Crippen LogP) is 9.33. The third-order valence-corrected chi connectivity index (χ3v) is 17.3. The molecule has 1 aliphatic heterocycles. The van der Waals surface area contributed by atoms with E-state index in [1.807, 2.05) is 12.1 Å². The van der Waals surface area contributed by atoms with Gasteiger partial charge >= 0.3 is 5.97 Å². The summed E-state index contributed by atoms with van der Waals surface area (Å²) >= 11 is 0. The molecule has 5 nitrogen and oxygen atoms in total. The molecule has 0 aromatic heterocycles. The van der Waals surface area contributed by atoms with Crippen LogP contribution in [0.1, 0.15) is 128 Å². The maximum atomic E-state index is 11.6. The Morgan fingerprint density at radius 1 is 0.900 bits per heavy atom. The van der Waals surface area contributed by atoms with E-state index in [-0.39, 0.29) is 10.8 Å². The molecule has 276 valence electrons. The normalized spacial score (nSPS) is 41.3. The largest absolute Gasteiger partial charge is 0.478 e. The van der Waals surface area contributed by atoms with Crippen molar-refractivity contribution in [3.05, 3.63) is 53.6 Å². The molecular weight excluding hydrogens is 617 g/mol. The minimum absolute atomic E-state index is 0.0372. The number of piperidine rings is 1. The first-order valence-corrected chi connectivity index (χ1v) is 20.4. The lowest BCUT2D eigenvalue weighted by molar-refractivity contribution is -0.225. The van der Waals surface area contributed by atoms with Gasteiger partial charge in [-0.3, -0.25) is 0 Å². The highest BCUT2D eigenvalue weighted by atomic mass is 16.4. The van der Waals surface area contributed by atoms with E-state index in [0.29, 0.717) is 52.1 Å². The number of nitrogens with one attached hydrogen (secondary N) is 1. The zero-order valence-electron chi connectivity index (χ0n) is 32.3. The number of fused-ring (bicyclic) bond motifs is 7. The average molecular weight is 685 g/mol. The van der Waals surface area contributed by atoms with E-state index in [9.17, 15) is 15.0 Å². The van der Waals surface area contributed by atoms with Gasteiger partial charge in [-0.2, -0.15) is 0 Å². The molecule has 9 atom stereocenters. The number of carboxylic acids is 1. The van der Waals surface area contributed by atoms with Crippen molar-refractivity contribution in [1.82, 2.24) is 10.2 Å². The van der Waals surface area contributed by atoms with Gasteiger partial charge in [-0.05, 0) is 176 Å². The van der Waals surface area contributed by atoms with E-state index >= 15 is 0 Å². The fourth-order valence-corrected chi connectivity index (χ4v) is 14.4. The second kappa shape index (κ2) is 13.2. The first-order chi connectivity index (χ1) is 23.7. The maximum absolute atomic E-state index is 11.6. The van der Waals surface area contributed by atoms with Gasteiger partial charge < -0.3 is 20.4 Å². The molecule has 6 aliphatic rings. The van der Waals surface area contributed by atoms with Crippen LogP contribution in [0.2, 0.25) is 0 Å². The van der Waals surface area contributed by atoms with Gasteiger partial charge in [0.2, 0.25) is 0 Å². The lowest BCUT2D eigenvalue weighted by Gasteiger charge is -2.72. The molecule has 1 aromatic rings. The Bertz CT molecular complexity index is 1470. The van der Waals surface area contributed by atoms with Crippen molar-refractivity contribution in [3.63, 3.8) is 0 Å². The third-order valence-electron chi connectivity index (χ3n) is 17.3. The van der Waals surface area contributed by atoms with Gasteiger partial charge in [0, 0.05) is 26.2 Å². The van der Waals surface area contributed by atoms with Crippen molar-refractivity contribution in [2.24, 2.45) is 62.6 Å². The number of benzene rings is 1. The molecular formula is C45H68N2O3. The summed E-state index contributed by atoms with van der Waals surface area (Å²) < 4.78 is 0. The highest BCUT2D eigenvalue weighted by Crippen LogP contribution is 2.77. The van der Waals surface area contributed by atoms with Crippen LogP contribution in [0, 0.1) is 62.6 Å². The summed E-state index contributed by atoms with van der Waals surface area (Å²) in [5.74, 6) is 3.12. The number of hydrogen-bond acceptors (Lipinski definition) is 4. The van der Waals surface area contributed by atoms with Gasteiger partial charge in [0.15, 0.2) is 0 Å². The Hall–Kier alpha value is -1.95. The van der Waals surface area contributed by atoms with Crippen LogP contribution in [-0.4, -0.2) is 60.4 Å². The van der Waals surface area contributed by atoms with Gasteiger partial charge in [-0.1, -0.05) is 65.0 Å². The fourth-order valence-electron chi connectivity index (χ4n) is 14.4. The van der Waals surface area contributed by atoms with Crippen LogP contribution in [0.25, 0.3) is 5.57 Å². The predicted molar refractivity (Wildman–Crippen MR) is 205 cm³/mol. The van der Waals surface area contributed by atoms with E-state index in [4.69, 9.17) is 0 Å². The molecule has 5 heteroatoms. The highest BCUT2D eigenvalue weighted by Gasteiger charge is 2.70. The van der Waals surface area contributed by atoms with Crippen molar-refractivity contribution >= 4 is 11.5 Å². The molecule has 0 amide bonds. The Labute approximate surface area is 303 Å². The molecule has 5 aliphatic carbocycles. The van der Waals surface area contributed by atoms with Gasteiger partial charge in [0.25, 0.3) is 0 Å². The van der Waals surface area contributed by atoms with Gasteiger partial charge in [0.1, 0.15) is 0 Å². The van der Waals surface area contributed by atoms with E-state index in [1.165, 1.54) is 68.1 Å². The number of aromatic carboxylic acids is 1. The van der Waals surface area contributed by atoms with Crippen LogP contribution in [0.5, 0.6) is 0 Å². The summed E-state index contributed by atoms with van der Waals surface area (Å²) in [6, 6.07) is 7.65. The first-order valence-electron chi connectivity index (χ1n) is 20.4. The fraction of sp³-hybridized carbons (Fsp3) is 0.756. The molecule has 3 N–H and O–H groups in total. The molecule has 5 fully saturated rings. The lowest BCUT2D eigenvalue weighted by atomic mass is 9.32. The Kier molecular flexibility index (Phi) is 9.59. The lowest BCUT2D eigenvalue weighted by Crippen LogP contribution is -2.65. The van der Waals surface area contributed by atoms with Crippen LogP contribution < -0.4 is 5.32 Å². The maximum Gasteiger partial charge on any atom is 0.335 e. The van der Waals surface area contributed by atoms with Gasteiger partial charge in [-0.15, -0.1) is 0 Å². The van der Waals surface area contributed by atoms with Crippen molar-refractivity contribution in [2.75, 3.05) is 39.3 Å². The second-order valence-corrected chi connectivity index (χ2v) is 19.6. The number of carboxylic acid groups (broad SMARTS) is 1. The highest BCUT2D eigenvalue weighted by molar-refractivity contribution is 5.88. The number of aliphatic hydroxyl groups is 1.